The van der Waals surface area contributed by atoms with Crippen molar-refractivity contribution >= 4 is 24.0 Å². The van der Waals surface area contributed by atoms with Crippen LogP contribution in [0, 0.1) is 12.3 Å². The zero-order chi connectivity index (χ0) is 25.3. The summed E-state index contributed by atoms with van der Waals surface area (Å²) in [4.78, 5) is 47.2. The molecule has 0 heterocycles. The number of hydrogen-bond donors (Lipinski definition) is 3. The van der Waals surface area contributed by atoms with E-state index in [4.69, 9.17) is 30.5 Å². The molecule has 0 saturated heterocycles. The maximum absolute atomic E-state index is 12.3. The number of nitrogens with zero attached hydrogens (tertiary/aromatic N) is 1. The molecule has 0 aliphatic heterocycles. The Bertz CT molecular complexity index is 611. The van der Waals surface area contributed by atoms with Gasteiger partial charge in [-0.15, -0.1) is 6.42 Å². The van der Waals surface area contributed by atoms with Crippen LogP contribution in [-0.2, 0) is 38.1 Å². The van der Waals surface area contributed by atoms with Gasteiger partial charge in [-0.05, 0) is 12.8 Å². The molecule has 0 saturated carbocycles. The van der Waals surface area contributed by atoms with Crippen molar-refractivity contribution in [3.05, 3.63) is 0 Å². The SMILES string of the molecule is C#CCOCCOCCOCCOCCC(=O)N(CC=O)CC(=O)NCCCCNC(=O)CO. The number of carbonyl (C=O) groups excluding carboxylic acids is 4. The van der Waals surface area contributed by atoms with Crippen LogP contribution in [0.2, 0.25) is 0 Å². The fourth-order valence-electron chi connectivity index (χ4n) is 2.44. The molecular formula is C22H37N3O9. The molecule has 0 aromatic heterocycles. The second-order valence-electron chi connectivity index (χ2n) is 6.85. The van der Waals surface area contributed by atoms with E-state index in [0.29, 0.717) is 71.9 Å². The fourth-order valence-corrected chi connectivity index (χ4v) is 2.44. The van der Waals surface area contributed by atoms with Crippen molar-refractivity contribution in [1.82, 2.24) is 15.5 Å². The summed E-state index contributed by atoms with van der Waals surface area (Å²) in [6.45, 7) is 2.51. The smallest absolute Gasteiger partial charge is 0.245 e. The van der Waals surface area contributed by atoms with Gasteiger partial charge in [-0.2, -0.15) is 0 Å². The Morgan fingerprint density at radius 2 is 1.38 bits per heavy atom. The summed E-state index contributed by atoms with van der Waals surface area (Å²) in [5.41, 5.74) is 0. The Hall–Kier alpha value is -2.56. The number of hydrogen-bond acceptors (Lipinski definition) is 9. The van der Waals surface area contributed by atoms with Crippen molar-refractivity contribution in [2.75, 3.05) is 85.6 Å². The topological polar surface area (TPSA) is 153 Å². The van der Waals surface area contributed by atoms with Gasteiger partial charge >= 0.3 is 0 Å². The molecular weight excluding hydrogens is 450 g/mol. The number of rotatable bonds is 23. The van der Waals surface area contributed by atoms with Gasteiger partial charge in [0.25, 0.3) is 0 Å². The van der Waals surface area contributed by atoms with Crippen LogP contribution in [0.4, 0.5) is 0 Å². The summed E-state index contributed by atoms with van der Waals surface area (Å²) < 4.78 is 21.0. The van der Waals surface area contributed by atoms with E-state index in [1.165, 1.54) is 0 Å². The average Bonchev–Trinajstić information content (AvgIpc) is 2.83. The zero-order valence-corrected chi connectivity index (χ0v) is 19.6. The zero-order valence-electron chi connectivity index (χ0n) is 19.6. The molecule has 0 unspecified atom stereocenters. The Balaban J connectivity index is 3.78. The minimum atomic E-state index is -0.558. The summed E-state index contributed by atoms with van der Waals surface area (Å²) in [6.07, 6.45) is 6.88. The van der Waals surface area contributed by atoms with Gasteiger partial charge in [0.05, 0.1) is 65.8 Å². The molecule has 0 radical (unpaired) electrons. The van der Waals surface area contributed by atoms with Gasteiger partial charge in [-0.1, -0.05) is 5.92 Å². The summed E-state index contributed by atoms with van der Waals surface area (Å²) in [7, 11) is 0. The molecule has 0 fully saturated rings. The van der Waals surface area contributed by atoms with Gasteiger partial charge in [0.1, 0.15) is 19.5 Å². The van der Waals surface area contributed by atoms with Crippen LogP contribution in [-0.4, -0.2) is 120 Å². The molecule has 3 amide bonds. The Morgan fingerprint density at radius 3 is 1.91 bits per heavy atom. The highest BCUT2D eigenvalue weighted by Gasteiger charge is 2.16. The first-order valence-electron chi connectivity index (χ1n) is 11.1. The molecule has 34 heavy (non-hydrogen) atoms. The molecule has 0 aliphatic rings. The number of amides is 3. The van der Waals surface area contributed by atoms with Crippen LogP contribution in [0.1, 0.15) is 19.3 Å². The van der Waals surface area contributed by atoms with Crippen LogP contribution in [0.3, 0.4) is 0 Å². The van der Waals surface area contributed by atoms with Gasteiger partial charge in [-0.3, -0.25) is 14.4 Å². The second kappa shape index (κ2) is 23.6. The third kappa shape index (κ3) is 20.1. The number of aliphatic hydroxyl groups excluding tert-OH is 1. The third-order valence-corrected chi connectivity index (χ3v) is 4.14. The van der Waals surface area contributed by atoms with Gasteiger partial charge in [0.15, 0.2) is 0 Å². The number of terminal acetylenes is 1. The van der Waals surface area contributed by atoms with E-state index in [9.17, 15) is 19.2 Å². The molecule has 0 rings (SSSR count). The quantitative estimate of drug-likeness (QED) is 0.0853. The predicted octanol–water partition coefficient (Wildman–Crippen LogP) is -1.89. The lowest BCUT2D eigenvalue weighted by Crippen LogP contribution is -2.42. The number of carbonyl (C=O) groups is 4. The molecule has 3 N–H and O–H groups in total. The van der Waals surface area contributed by atoms with Crippen molar-refractivity contribution in [2.24, 2.45) is 0 Å². The van der Waals surface area contributed by atoms with E-state index in [-0.39, 0.29) is 44.5 Å². The van der Waals surface area contributed by atoms with E-state index in [1.54, 1.807) is 0 Å². The standard InChI is InChI=1S/C22H37N3O9/c1-2-10-31-12-14-33-16-17-34-15-13-32-11-5-22(30)25(8-9-26)18-20(28)23-6-3-4-7-24-21(29)19-27/h1,9,27H,3-8,10-19H2,(H,23,28)(H,24,29). The number of aldehydes is 1. The maximum Gasteiger partial charge on any atom is 0.245 e. The highest BCUT2D eigenvalue weighted by atomic mass is 16.6. The minimum Gasteiger partial charge on any atom is -0.387 e. The summed E-state index contributed by atoms with van der Waals surface area (Å²) >= 11 is 0. The fraction of sp³-hybridized carbons (Fsp3) is 0.727. The normalized spacial score (nSPS) is 10.4. The van der Waals surface area contributed by atoms with Gasteiger partial charge in [0, 0.05) is 13.1 Å². The van der Waals surface area contributed by atoms with Gasteiger partial charge in [0.2, 0.25) is 17.7 Å². The summed E-state index contributed by atoms with van der Waals surface area (Å²) in [6, 6.07) is 0. The van der Waals surface area contributed by atoms with Crippen LogP contribution < -0.4 is 10.6 Å². The van der Waals surface area contributed by atoms with E-state index in [1.807, 2.05) is 0 Å². The molecule has 0 aliphatic carbocycles. The van der Waals surface area contributed by atoms with Gasteiger partial charge in [-0.25, -0.2) is 0 Å². The number of unbranched alkanes of at least 4 members (excludes halogenated alkanes) is 1. The summed E-state index contributed by atoms with van der Waals surface area (Å²) in [5.74, 6) is 1.16. The van der Waals surface area contributed by atoms with Crippen molar-refractivity contribution < 1.29 is 43.2 Å². The molecule has 194 valence electrons. The average molecular weight is 488 g/mol. The first kappa shape index (κ1) is 31.4. The number of nitrogens with one attached hydrogen (secondary N) is 2. The minimum absolute atomic E-state index is 0.0342. The predicted molar refractivity (Wildman–Crippen MR) is 122 cm³/mol. The third-order valence-electron chi connectivity index (χ3n) is 4.14. The molecule has 0 spiro atoms. The van der Waals surface area contributed by atoms with Crippen LogP contribution >= 0.6 is 0 Å². The maximum atomic E-state index is 12.3. The Kier molecular flexibility index (Phi) is 21.8. The van der Waals surface area contributed by atoms with Gasteiger partial charge < -0.3 is 44.4 Å². The Labute approximate surface area is 200 Å². The van der Waals surface area contributed by atoms with Crippen LogP contribution in [0.25, 0.3) is 0 Å². The highest BCUT2D eigenvalue weighted by molar-refractivity contribution is 5.86. The van der Waals surface area contributed by atoms with Crippen LogP contribution in [0.15, 0.2) is 0 Å². The molecule has 0 atom stereocenters. The Morgan fingerprint density at radius 1 is 0.853 bits per heavy atom. The van der Waals surface area contributed by atoms with Crippen molar-refractivity contribution in [2.45, 2.75) is 19.3 Å². The summed E-state index contributed by atoms with van der Waals surface area (Å²) in [5, 5.41) is 13.8. The van der Waals surface area contributed by atoms with E-state index in [2.05, 4.69) is 16.6 Å². The van der Waals surface area contributed by atoms with Crippen LogP contribution in [0.5, 0.6) is 0 Å². The van der Waals surface area contributed by atoms with Crippen molar-refractivity contribution in [3.63, 3.8) is 0 Å². The molecule has 12 heteroatoms. The molecule has 12 nitrogen and oxygen atoms in total. The lowest BCUT2D eigenvalue weighted by atomic mass is 10.3. The van der Waals surface area contributed by atoms with Crippen molar-refractivity contribution in [3.8, 4) is 12.3 Å². The largest absolute Gasteiger partial charge is 0.387 e. The van der Waals surface area contributed by atoms with E-state index in [0.717, 1.165) is 4.90 Å². The lowest BCUT2D eigenvalue weighted by molar-refractivity contribution is -0.138. The number of aliphatic hydroxyl groups is 1. The first-order valence-corrected chi connectivity index (χ1v) is 11.1. The van der Waals surface area contributed by atoms with E-state index >= 15 is 0 Å². The molecule has 0 aromatic carbocycles. The van der Waals surface area contributed by atoms with Crippen molar-refractivity contribution in [1.29, 1.82) is 0 Å². The first-order chi connectivity index (χ1) is 16.5. The van der Waals surface area contributed by atoms with E-state index < -0.39 is 12.5 Å². The molecule has 0 bridgehead atoms. The lowest BCUT2D eigenvalue weighted by Gasteiger charge is -2.19. The monoisotopic (exact) mass is 487 g/mol. The second-order valence-corrected chi connectivity index (χ2v) is 6.85. The molecule has 0 aromatic rings. The number of ether oxygens (including phenoxy) is 4. The highest BCUT2D eigenvalue weighted by Crippen LogP contribution is 1.96.